The van der Waals surface area contributed by atoms with Gasteiger partial charge in [0.15, 0.2) is 0 Å². The Kier molecular flexibility index (Phi) is 1.36. The van der Waals surface area contributed by atoms with E-state index in [-0.39, 0.29) is 6.04 Å². The molecule has 0 amide bonds. The van der Waals surface area contributed by atoms with Gasteiger partial charge in [0.1, 0.15) is 6.04 Å². The summed E-state index contributed by atoms with van der Waals surface area (Å²) in [6.45, 7) is 2.11. The molecule has 1 unspecified atom stereocenters. The summed E-state index contributed by atoms with van der Waals surface area (Å²) < 4.78 is 0. The van der Waals surface area contributed by atoms with Crippen molar-refractivity contribution in [3.63, 3.8) is 0 Å². The topological polar surface area (TPSA) is 40.5 Å². The first-order valence-electron chi connectivity index (χ1n) is 5.17. The summed E-state index contributed by atoms with van der Waals surface area (Å²) in [6, 6.07) is -0.147. The molecule has 1 spiro atoms. The molecule has 1 N–H and O–H groups in total. The van der Waals surface area contributed by atoms with E-state index < -0.39 is 5.97 Å². The van der Waals surface area contributed by atoms with E-state index in [2.05, 4.69) is 4.90 Å². The van der Waals surface area contributed by atoms with E-state index in [4.69, 9.17) is 5.11 Å². The highest BCUT2D eigenvalue weighted by molar-refractivity contribution is 5.74. The molecule has 1 aliphatic heterocycles. The van der Waals surface area contributed by atoms with E-state index in [1.54, 1.807) is 0 Å². The molecule has 1 atom stereocenters. The predicted octanol–water partition coefficient (Wildman–Crippen LogP) is 0.945. The Morgan fingerprint density at radius 1 is 1.38 bits per heavy atom. The quantitative estimate of drug-likeness (QED) is 0.704. The number of aliphatic carboxylic acids is 1. The molecule has 3 fully saturated rings. The molecule has 13 heavy (non-hydrogen) atoms. The zero-order valence-corrected chi connectivity index (χ0v) is 7.70. The first-order valence-corrected chi connectivity index (χ1v) is 5.17. The maximum atomic E-state index is 11.0. The van der Waals surface area contributed by atoms with Crippen LogP contribution in [0.4, 0.5) is 0 Å². The molecule has 0 aromatic heterocycles. The Labute approximate surface area is 77.7 Å². The van der Waals surface area contributed by atoms with Gasteiger partial charge in [-0.1, -0.05) is 0 Å². The van der Waals surface area contributed by atoms with Crippen molar-refractivity contribution >= 4 is 5.97 Å². The number of nitrogens with zero attached hydrogens (tertiary/aromatic N) is 1. The number of carboxylic acids is 1. The molecule has 3 heteroatoms. The van der Waals surface area contributed by atoms with Crippen LogP contribution in [0.2, 0.25) is 0 Å². The molecule has 3 aliphatic rings. The zero-order valence-electron chi connectivity index (χ0n) is 7.70. The molecular formula is C10H15NO2. The summed E-state index contributed by atoms with van der Waals surface area (Å²) >= 11 is 0. The normalized spacial score (nSPS) is 32.6. The highest BCUT2D eigenvalue weighted by atomic mass is 16.4. The van der Waals surface area contributed by atoms with E-state index in [1.165, 1.54) is 12.8 Å². The van der Waals surface area contributed by atoms with Gasteiger partial charge in [0.25, 0.3) is 0 Å². The summed E-state index contributed by atoms with van der Waals surface area (Å²) in [5.41, 5.74) is 0.586. The van der Waals surface area contributed by atoms with Crippen LogP contribution in [0.15, 0.2) is 0 Å². The second-order valence-corrected chi connectivity index (χ2v) is 5.03. The second-order valence-electron chi connectivity index (χ2n) is 5.03. The van der Waals surface area contributed by atoms with E-state index in [0.717, 1.165) is 25.9 Å². The fourth-order valence-electron chi connectivity index (χ4n) is 2.57. The molecule has 0 aromatic rings. The van der Waals surface area contributed by atoms with E-state index >= 15 is 0 Å². The van der Waals surface area contributed by atoms with Crippen LogP contribution in [0, 0.1) is 11.3 Å². The van der Waals surface area contributed by atoms with Crippen LogP contribution in [-0.4, -0.2) is 35.1 Å². The summed E-state index contributed by atoms with van der Waals surface area (Å²) in [4.78, 5) is 13.2. The van der Waals surface area contributed by atoms with Gasteiger partial charge in [-0.25, -0.2) is 0 Å². The standard InChI is InChI=1S/C10H15NO2/c12-9(13)8(7-1-2-7)11-5-10(6-11)3-4-10/h7-8H,1-6H2,(H,12,13). The Bertz CT molecular complexity index is 248. The highest BCUT2D eigenvalue weighted by Gasteiger charge is 2.56. The molecule has 0 bridgehead atoms. The van der Waals surface area contributed by atoms with Crippen molar-refractivity contribution in [3.8, 4) is 0 Å². The molecule has 1 saturated heterocycles. The number of hydrogen-bond acceptors (Lipinski definition) is 2. The maximum absolute atomic E-state index is 11.0. The van der Waals surface area contributed by atoms with Crippen molar-refractivity contribution in [1.29, 1.82) is 0 Å². The fraction of sp³-hybridized carbons (Fsp3) is 0.900. The largest absolute Gasteiger partial charge is 0.480 e. The van der Waals surface area contributed by atoms with Crippen molar-refractivity contribution in [2.45, 2.75) is 31.7 Å². The minimum absolute atomic E-state index is 0.147. The van der Waals surface area contributed by atoms with Crippen molar-refractivity contribution < 1.29 is 9.90 Å². The Morgan fingerprint density at radius 2 is 2.00 bits per heavy atom. The average molecular weight is 181 g/mol. The Balaban J connectivity index is 1.64. The monoisotopic (exact) mass is 181 g/mol. The van der Waals surface area contributed by atoms with Crippen molar-refractivity contribution in [2.75, 3.05) is 13.1 Å². The molecule has 0 aromatic carbocycles. The number of hydrogen-bond donors (Lipinski definition) is 1. The number of carboxylic acid groups (broad SMARTS) is 1. The third-order valence-corrected chi connectivity index (χ3v) is 3.75. The van der Waals surface area contributed by atoms with E-state index in [1.807, 2.05) is 0 Å². The zero-order chi connectivity index (χ0) is 9.05. The number of carbonyl (C=O) groups is 1. The van der Waals surface area contributed by atoms with Gasteiger partial charge in [-0.05, 0) is 37.0 Å². The summed E-state index contributed by atoms with van der Waals surface area (Å²) in [7, 11) is 0. The van der Waals surface area contributed by atoms with Gasteiger partial charge in [0, 0.05) is 13.1 Å². The minimum atomic E-state index is -0.599. The van der Waals surface area contributed by atoms with Crippen LogP contribution in [0.25, 0.3) is 0 Å². The first kappa shape index (κ1) is 7.80. The average Bonchev–Trinajstić information content (AvgIpc) is 2.75. The van der Waals surface area contributed by atoms with Gasteiger partial charge in [0.05, 0.1) is 0 Å². The highest BCUT2D eigenvalue weighted by Crippen LogP contribution is 2.54. The van der Waals surface area contributed by atoms with E-state index in [9.17, 15) is 4.79 Å². The smallest absolute Gasteiger partial charge is 0.321 e. The Morgan fingerprint density at radius 3 is 2.38 bits per heavy atom. The summed E-state index contributed by atoms with van der Waals surface area (Å²) in [5.74, 6) is -0.133. The summed E-state index contributed by atoms with van der Waals surface area (Å²) in [5, 5.41) is 9.07. The lowest BCUT2D eigenvalue weighted by Crippen LogP contribution is -2.56. The molecule has 2 aliphatic carbocycles. The Hall–Kier alpha value is -0.570. The molecule has 72 valence electrons. The van der Waals surface area contributed by atoms with Crippen LogP contribution < -0.4 is 0 Å². The fourth-order valence-corrected chi connectivity index (χ4v) is 2.57. The van der Waals surface area contributed by atoms with Crippen molar-refractivity contribution in [3.05, 3.63) is 0 Å². The van der Waals surface area contributed by atoms with Gasteiger partial charge in [-0.15, -0.1) is 0 Å². The predicted molar refractivity (Wildman–Crippen MR) is 47.4 cm³/mol. The van der Waals surface area contributed by atoms with Crippen LogP contribution in [0.5, 0.6) is 0 Å². The maximum Gasteiger partial charge on any atom is 0.321 e. The van der Waals surface area contributed by atoms with Crippen LogP contribution in [-0.2, 0) is 4.79 Å². The lowest BCUT2D eigenvalue weighted by atomic mass is 9.93. The second kappa shape index (κ2) is 2.27. The van der Waals surface area contributed by atoms with Gasteiger partial charge >= 0.3 is 5.97 Å². The minimum Gasteiger partial charge on any atom is -0.480 e. The molecule has 1 heterocycles. The molecular weight excluding hydrogens is 166 g/mol. The third kappa shape index (κ3) is 1.17. The van der Waals surface area contributed by atoms with Gasteiger partial charge in [-0.2, -0.15) is 0 Å². The molecule has 3 nitrogen and oxygen atoms in total. The van der Waals surface area contributed by atoms with Crippen LogP contribution in [0.3, 0.4) is 0 Å². The van der Waals surface area contributed by atoms with Crippen LogP contribution in [0.1, 0.15) is 25.7 Å². The SMILES string of the molecule is O=C(O)C(C1CC1)N1CC2(CC2)C1. The lowest BCUT2D eigenvalue weighted by Gasteiger charge is -2.43. The van der Waals surface area contributed by atoms with Crippen molar-refractivity contribution in [2.24, 2.45) is 11.3 Å². The van der Waals surface area contributed by atoms with Gasteiger partial charge < -0.3 is 5.11 Å². The van der Waals surface area contributed by atoms with Gasteiger partial charge in [-0.3, -0.25) is 9.69 Å². The molecule has 3 rings (SSSR count). The lowest BCUT2D eigenvalue weighted by molar-refractivity contribution is -0.148. The van der Waals surface area contributed by atoms with E-state index in [0.29, 0.717) is 11.3 Å². The first-order chi connectivity index (χ1) is 6.20. The molecule has 2 saturated carbocycles. The number of likely N-dealkylation sites (tertiary alicyclic amines) is 1. The summed E-state index contributed by atoms with van der Waals surface area (Å²) in [6.07, 6.45) is 4.92. The number of rotatable bonds is 3. The molecule has 0 radical (unpaired) electrons. The third-order valence-electron chi connectivity index (χ3n) is 3.75. The van der Waals surface area contributed by atoms with Crippen LogP contribution >= 0.6 is 0 Å². The van der Waals surface area contributed by atoms with Crippen molar-refractivity contribution in [1.82, 2.24) is 4.90 Å². The van der Waals surface area contributed by atoms with Gasteiger partial charge in [0.2, 0.25) is 0 Å².